The number of aromatic nitrogens is 1. The van der Waals surface area contributed by atoms with Crippen molar-refractivity contribution in [1.29, 1.82) is 0 Å². The van der Waals surface area contributed by atoms with Crippen molar-refractivity contribution in [2.24, 2.45) is 17.6 Å². The number of amides is 15. The van der Waals surface area contributed by atoms with Gasteiger partial charge < -0.3 is 98.8 Å². The Morgan fingerprint density at radius 1 is 0.523 bits per heavy atom. The summed E-state index contributed by atoms with van der Waals surface area (Å²) in [6.45, 7) is 7.88. The number of carbonyl (C=O) groups excluding carboxylic acids is 15. The van der Waals surface area contributed by atoms with E-state index in [1.54, 1.807) is 143 Å². The van der Waals surface area contributed by atoms with Gasteiger partial charge in [0.05, 0.1) is 31.0 Å². The fourth-order valence-electron chi connectivity index (χ4n) is 15.2. The number of phenols is 2. The Balaban J connectivity index is 1.11. The normalized spacial score (nSPS) is 22.1. The molecule has 2 aliphatic heterocycles. The molecule has 1 saturated heterocycles. The molecule has 128 heavy (non-hydrogen) atoms. The van der Waals surface area contributed by atoms with Gasteiger partial charge in [0.25, 0.3) is 0 Å². The number of anilines is 1. The summed E-state index contributed by atoms with van der Waals surface area (Å²) in [5.41, 5.74) is 9.89. The van der Waals surface area contributed by atoms with Gasteiger partial charge in [0.2, 0.25) is 88.6 Å². The predicted octanol–water partition coefficient (Wildman–Crippen LogP) is 2.18. The molecule has 35 nitrogen and oxygen atoms in total. The fourth-order valence-corrected chi connectivity index (χ4v) is 16.0. The lowest BCUT2D eigenvalue weighted by atomic mass is 9.95. The van der Waals surface area contributed by atoms with Gasteiger partial charge in [-0.3, -0.25) is 76.7 Å². The highest BCUT2D eigenvalue weighted by Crippen LogP contribution is 2.32. The molecule has 3 heterocycles. The van der Waals surface area contributed by atoms with Gasteiger partial charge in [-0.2, -0.15) is 0 Å². The highest BCUT2D eigenvalue weighted by atomic mass is 32.2. The summed E-state index contributed by atoms with van der Waals surface area (Å²) >= 11 is 0.827. The predicted molar refractivity (Wildman–Crippen MR) is 477 cm³/mol. The number of benzene rings is 6. The molecule has 6 aromatic carbocycles. The van der Waals surface area contributed by atoms with Gasteiger partial charge in [0, 0.05) is 88.6 Å². The highest BCUT2D eigenvalue weighted by molar-refractivity contribution is 8.00. The molecule has 7 aromatic rings. The number of nitrogens with two attached hydrogens (primary N) is 1. The molecule has 36 heteroatoms. The van der Waals surface area contributed by atoms with E-state index in [1.807, 2.05) is 13.8 Å². The number of primary amides is 1. The number of thioether (sulfide) groups is 1. The number of aryl methyl sites for hydroxylation is 1. The van der Waals surface area contributed by atoms with Crippen LogP contribution in [-0.2, 0) is 115 Å². The molecule has 2 aliphatic rings. The second-order valence-electron chi connectivity index (χ2n) is 33.0. The Morgan fingerprint density at radius 3 is 1.66 bits per heavy atom. The number of nitrogens with zero attached hydrogens (tertiary/aromatic N) is 4. The topological polar surface area (TPSA) is 509 Å². The molecule has 2 bridgehead atoms. The lowest BCUT2D eigenvalue weighted by molar-refractivity contribution is -0.151. The number of aromatic hydroxyl groups is 2. The lowest BCUT2D eigenvalue weighted by Crippen LogP contribution is -2.62. The Hall–Kier alpha value is -13.7. The van der Waals surface area contributed by atoms with Crippen molar-refractivity contribution in [3.63, 3.8) is 0 Å². The summed E-state index contributed by atoms with van der Waals surface area (Å²) in [7, 11) is 3.99. The Bertz CT molecular complexity index is 5150. The van der Waals surface area contributed by atoms with Crippen molar-refractivity contribution < 1.29 is 92.0 Å². The van der Waals surface area contributed by atoms with Gasteiger partial charge in [0.1, 0.15) is 84.5 Å². The van der Waals surface area contributed by atoms with Crippen LogP contribution >= 0.6 is 11.8 Å². The van der Waals surface area contributed by atoms with Crippen molar-refractivity contribution in [2.75, 3.05) is 57.2 Å². The first kappa shape index (κ1) is 98.1. The number of H-pyrrole nitrogens is 1. The van der Waals surface area contributed by atoms with E-state index in [2.05, 4.69) is 58.2 Å². The molecule has 16 N–H and O–H groups in total. The number of carboxylic acids is 1. The number of rotatable bonds is 21. The van der Waals surface area contributed by atoms with E-state index in [9.17, 15) is 58.5 Å². The Kier molecular flexibility index (Phi) is 35.7. The quantitative estimate of drug-likeness (QED) is 0.0490. The van der Waals surface area contributed by atoms with Gasteiger partial charge >= 0.3 is 5.97 Å². The van der Waals surface area contributed by atoms with Gasteiger partial charge in [-0.1, -0.05) is 174 Å². The maximum Gasteiger partial charge on any atom is 0.305 e. The molecule has 1 aromatic heterocycles. The first-order valence-corrected chi connectivity index (χ1v) is 43.5. The van der Waals surface area contributed by atoms with Crippen LogP contribution in [0, 0.1) is 18.8 Å². The number of fused-ring (bicyclic) bond motifs is 5. The number of likely N-dealkylation sites (N-methyl/N-ethyl adjacent to an activating group) is 3. The summed E-state index contributed by atoms with van der Waals surface area (Å²) in [6, 6.07) is 24.0. The molecular formula is C92H114N16O19S. The molecule has 1 unspecified atom stereocenters. The molecule has 11 atom stereocenters. The maximum atomic E-state index is 15.5. The van der Waals surface area contributed by atoms with Gasteiger partial charge in [-0.25, -0.2) is 0 Å². The van der Waals surface area contributed by atoms with E-state index in [0.29, 0.717) is 57.1 Å². The minimum atomic E-state index is -1.90. The number of aromatic amines is 1. The molecule has 0 saturated carbocycles. The molecule has 682 valence electrons. The maximum absolute atomic E-state index is 15.5. The zero-order valence-electron chi connectivity index (χ0n) is 73.0. The Morgan fingerprint density at radius 2 is 1.05 bits per heavy atom. The van der Waals surface area contributed by atoms with Crippen LogP contribution in [0.25, 0.3) is 10.9 Å². The van der Waals surface area contributed by atoms with Crippen LogP contribution in [0.2, 0.25) is 0 Å². The van der Waals surface area contributed by atoms with Crippen molar-refractivity contribution in [3.05, 3.63) is 197 Å². The van der Waals surface area contributed by atoms with E-state index < -0.39 is 199 Å². The first-order chi connectivity index (χ1) is 60.9. The van der Waals surface area contributed by atoms with E-state index in [0.717, 1.165) is 27.1 Å². The summed E-state index contributed by atoms with van der Waals surface area (Å²) in [6.07, 6.45) is 0.0930. The zero-order valence-corrected chi connectivity index (χ0v) is 73.8. The summed E-state index contributed by atoms with van der Waals surface area (Å²) in [5.74, 6) is -17.8. The van der Waals surface area contributed by atoms with Crippen molar-refractivity contribution in [2.45, 2.75) is 179 Å². The zero-order chi connectivity index (χ0) is 93.2. The van der Waals surface area contributed by atoms with Crippen LogP contribution in [0.5, 0.6) is 11.5 Å². The molecule has 0 spiro atoms. The van der Waals surface area contributed by atoms with Crippen LogP contribution in [0.3, 0.4) is 0 Å². The third kappa shape index (κ3) is 28.2. The van der Waals surface area contributed by atoms with Crippen LogP contribution in [0.15, 0.2) is 158 Å². The van der Waals surface area contributed by atoms with Crippen molar-refractivity contribution >= 4 is 123 Å². The SMILES string of the molecule is CCCC[C@H]1C(=O)N(C)CC(=O)N[C@@H](CC(=O)O)C(=O)N[C@@H](C(C)C)C(=O)N[C@@H](Cc2ccc(C)cc2)C(=O)N[C@H]2Cc3ccc(O)cc3N(CC(=O)N[C@@H](Cc3c[nH]c4ccccc34)C(=O)NC(Cc3ccc(O)cc3)C(=O)N[C@@H](CC(C)C)C(=O)N[C@H](C(=O)NCC(N)=O)CSCC(=O)N[C@@H](Cc3ccccc3)C(=O)N(C)[C@@H](Cc3ccccc3)C(=O)N1C)C2=O. The van der Waals surface area contributed by atoms with Crippen LogP contribution < -0.4 is 63.8 Å². The minimum Gasteiger partial charge on any atom is -0.508 e. The van der Waals surface area contributed by atoms with Crippen molar-refractivity contribution in [1.82, 2.24) is 72.9 Å². The number of carbonyl (C=O) groups is 16. The number of para-hydroxylation sites is 1. The minimum absolute atomic E-state index is 0.0313. The molecule has 9 rings (SSSR count). The van der Waals surface area contributed by atoms with Crippen molar-refractivity contribution in [3.8, 4) is 11.5 Å². The fraction of sp³-hybridized carbons (Fsp3) is 0.413. The van der Waals surface area contributed by atoms with Crippen LogP contribution in [-0.4, -0.2) is 248 Å². The lowest BCUT2D eigenvalue weighted by Gasteiger charge is -2.37. The largest absolute Gasteiger partial charge is 0.508 e. The number of hydrogen-bond acceptors (Lipinski definition) is 19. The van der Waals surface area contributed by atoms with Gasteiger partial charge in [0.15, 0.2) is 0 Å². The summed E-state index contributed by atoms with van der Waals surface area (Å²) < 4.78 is 0. The molecule has 0 radical (unpaired) electrons. The smallest absolute Gasteiger partial charge is 0.305 e. The van der Waals surface area contributed by atoms with Gasteiger partial charge in [-0.15, -0.1) is 11.8 Å². The number of unbranched alkanes of at least 4 members (excludes halogenated alkanes) is 1. The second kappa shape index (κ2) is 46.5. The number of carboxylic acid groups (broad SMARTS) is 1. The highest BCUT2D eigenvalue weighted by Gasteiger charge is 2.43. The monoisotopic (exact) mass is 1780 g/mol. The molecule has 1 fully saturated rings. The summed E-state index contributed by atoms with van der Waals surface area (Å²) in [4.78, 5) is 242. The number of phenolic OH excluding ortho intramolecular Hbond substituents is 2. The molecule has 15 amide bonds. The average Bonchev–Trinajstić information content (AvgIpc) is 0.909. The van der Waals surface area contributed by atoms with Crippen LogP contribution in [0.1, 0.15) is 106 Å². The Labute approximate surface area is 745 Å². The molecule has 0 aliphatic carbocycles. The van der Waals surface area contributed by atoms with E-state index in [-0.39, 0.29) is 80.2 Å². The third-order valence-electron chi connectivity index (χ3n) is 22.1. The number of aliphatic carboxylic acids is 1. The number of hydrogen-bond donors (Lipinski definition) is 15. The molecular weight excluding hydrogens is 1670 g/mol. The van der Waals surface area contributed by atoms with Crippen LogP contribution in [0.4, 0.5) is 5.69 Å². The average molecular weight is 1780 g/mol. The van der Waals surface area contributed by atoms with E-state index in [1.165, 1.54) is 73.4 Å². The van der Waals surface area contributed by atoms with E-state index in [4.69, 9.17) is 5.73 Å². The third-order valence-corrected chi connectivity index (χ3v) is 23.1. The standard InChI is InChI=1S/C92H114N16O19S/c1-10-11-26-73-91(126)105(7)48-77(112)97-69(45-80(115)116)87(122)104-81(53(4)5)88(123)101-67(38-57-29-27-54(6)28-30-57)85(120)102-71-42-59-33-36-62(110)44-74(59)108(90(71)125)49-78(113)96-68(43-60-46-94-64-25-19-18-24-63(60)64)86(121)100-66(39-58-31-34-61(109)35-32-58)84(119)99-65(37-52(2)3)83(118)103-72(82(117)95-47-76(93)111)50-128-51-79(114)98-70(40-55-20-14-12-15-21-55)89(124)107(9)75(92(127)106(73)8)41-56-22-16-13-17-23-56/h12-25,27-36,44,46,52-53,65-73,75,81,94,109-110H,10-11,26,37-43,45,47-51H2,1-9H3,(H2,93,111)(H,95,117)(H,96,113)(H,97,112)(H,98,114)(H,99,119)(H,100,121)(H,101,123)(H,102,120)(H,103,118)(H,104,122)(H,115,116)/t65-,66?,67-,68-,69-,70-,71-,72-,73-,75-,81-/m0/s1. The van der Waals surface area contributed by atoms with E-state index >= 15 is 33.6 Å². The summed E-state index contributed by atoms with van der Waals surface area (Å²) in [5, 5.41) is 58.8. The first-order valence-electron chi connectivity index (χ1n) is 42.4. The second-order valence-corrected chi connectivity index (χ2v) is 34.1. The van der Waals surface area contributed by atoms with Gasteiger partial charge in [-0.05, 0) is 89.2 Å². The number of nitrogens with one attached hydrogen (secondary N) is 11.